The van der Waals surface area contributed by atoms with Gasteiger partial charge < -0.3 is 14.7 Å². The zero-order chi connectivity index (χ0) is 12.7. The summed E-state index contributed by atoms with van der Waals surface area (Å²) in [4.78, 5) is 0. The average molecular weight is 237 g/mol. The maximum absolute atomic E-state index is 8.57. The number of aryl methyl sites for hydroxylation is 1. The van der Waals surface area contributed by atoms with E-state index in [2.05, 4.69) is 5.16 Å². The third-order valence-electron chi connectivity index (χ3n) is 2.47. The maximum atomic E-state index is 8.57. The summed E-state index contributed by atoms with van der Waals surface area (Å²) < 4.78 is 10.7. The minimum absolute atomic E-state index is 0.617. The molecule has 0 saturated carbocycles. The summed E-state index contributed by atoms with van der Waals surface area (Å²) in [7, 11) is 1.63. The number of nitrogens with zero attached hydrogens (tertiary/aromatic N) is 1. The topological polar surface area (TPSA) is 51.0 Å². The third kappa shape index (κ3) is 3.98. The van der Waals surface area contributed by atoms with E-state index in [0.717, 1.165) is 35.6 Å². The van der Waals surface area contributed by atoms with Crippen molar-refractivity contribution in [3.63, 3.8) is 0 Å². The molecule has 0 aliphatic rings. The second kappa shape index (κ2) is 6.78. The van der Waals surface area contributed by atoms with Crippen LogP contribution in [0.3, 0.4) is 0 Å². The number of oxime groups is 1. The van der Waals surface area contributed by atoms with Gasteiger partial charge in [0, 0.05) is 0 Å². The first-order valence-corrected chi connectivity index (χ1v) is 5.68. The highest BCUT2D eigenvalue weighted by Crippen LogP contribution is 2.28. The van der Waals surface area contributed by atoms with E-state index >= 15 is 0 Å². The van der Waals surface area contributed by atoms with E-state index in [1.165, 1.54) is 0 Å². The molecular formula is C13H19NO3. The SMILES string of the molecule is CCOc1ccc(CC/C(C)=N/O)cc1OC. The van der Waals surface area contributed by atoms with Crippen LogP contribution in [0, 0.1) is 0 Å². The Labute approximate surface area is 102 Å². The fourth-order valence-corrected chi connectivity index (χ4v) is 1.52. The van der Waals surface area contributed by atoms with Crippen LogP contribution in [0.5, 0.6) is 11.5 Å². The van der Waals surface area contributed by atoms with Crippen molar-refractivity contribution >= 4 is 5.71 Å². The lowest BCUT2D eigenvalue weighted by Gasteiger charge is -2.10. The van der Waals surface area contributed by atoms with Crippen molar-refractivity contribution < 1.29 is 14.7 Å². The van der Waals surface area contributed by atoms with Crippen LogP contribution < -0.4 is 9.47 Å². The van der Waals surface area contributed by atoms with E-state index < -0.39 is 0 Å². The maximum Gasteiger partial charge on any atom is 0.161 e. The number of rotatable bonds is 6. The molecule has 0 aliphatic heterocycles. The number of hydrogen-bond acceptors (Lipinski definition) is 4. The summed E-state index contributed by atoms with van der Waals surface area (Å²) >= 11 is 0. The van der Waals surface area contributed by atoms with Crippen molar-refractivity contribution in [2.75, 3.05) is 13.7 Å². The van der Waals surface area contributed by atoms with Gasteiger partial charge in [-0.3, -0.25) is 0 Å². The highest BCUT2D eigenvalue weighted by Gasteiger charge is 2.05. The second-order valence-corrected chi connectivity index (χ2v) is 3.75. The van der Waals surface area contributed by atoms with E-state index in [1.54, 1.807) is 14.0 Å². The van der Waals surface area contributed by atoms with Gasteiger partial charge in [-0.15, -0.1) is 0 Å². The largest absolute Gasteiger partial charge is 0.493 e. The number of hydrogen-bond donors (Lipinski definition) is 1. The average Bonchev–Trinajstić information content (AvgIpc) is 2.37. The lowest BCUT2D eigenvalue weighted by atomic mass is 10.1. The Morgan fingerprint density at radius 1 is 1.35 bits per heavy atom. The Morgan fingerprint density at radius 2 is 2.12 bits per heavy atom. The molecule has 0 heterocycles. The van der Waals surface area contributed by atoms with Gasteiger partial charge in [0.15, 0.2) is 11.5 Å². The van der Waals surface area contributed by atoms with E-state index in [9.17, 15) is 0 Å². The van der Waals surface area contributed by atoms with Crippen LogP contribution in [0.15, 0.2) is 23.4 Å². The Kier molecular flexibility index (Phi) is 5.33. The fraction of sp³-hybridized carbons (Fsp3) is 0.462. The van der Waals surface area contributed by atoms with Crippen molar-refractivity contribution in [3.05, 3.63) is 23.8 Å². The Balaban J connectivity index is 2.75. The quantitative estimate of drug-likeness (QED) is 0.470. The first kappa shape index (κ1) is 13.4. The van der Waals surface area contributed by atoms with Gasteiger partial charge in [0.25, 0.3) is 0 Å². The van der Waals surface area contributed by atoms with Gasteiger partial charge in [-0.05, 0) is 44.4 Å². The van der Waals surface area contributed by atoms with Crippen LogP contribution in [0.25, 0.3) is 0 Å². The summed E-state index contributed by atoms with van der Waals surface area (Å²) in [5.41, 5.74) is 1.85. The van der Waals surface area contributed by atoms with Gasteiger partial charge >= 0.3 is 0 Å². The van der Waals surface area contributed by atoms with Crippen LogP contribution >= 0.6 is 0 Å². The predicted molar refractivity (Wildman–Crippen MR) is 67.4 cm³/mol. The standard InChI is InChI=1S/C13H19NO3/c1-4-17-12-8-7-11(9-13(12)16-3)6-5-10(2)14-15/h7-9,15H,4-6H2,1-3H3/b14-10+. The highest BCUT2D eigenvalue weighted by atomic mass is 16.5. The van der Waals surface area contributed by atoms with E-state index in [1.807, 2.05) is 25.1 Å². The summed E-state index contributed by atoms with van der Waals surface area (Å²) in [6.45, 7) is 4.35. The molecule has 0 radical (unpaired) electrons. The Hall–Kier alpha value is -1.71. The van der Waals surface area contributed by atoms with Gasteiger partial charge in [0.2, 0.25) is 0 Å². The summed E-state index contributed by atoms with van der Waals surface area (Å²) in [5.74, 6) is 1.49. The molecular weight excluding hydrogens is 218 g/mol. The summed E-state index contributed by atoms with van der Waals surface area (Å²) in [6.07, 6.45) is 1.55. The first-order chi connectivity index (χ1) is 8.21. The molecule has 0 fully saturated rings. The molecule has 0 aliphatic carbocycles. The van der Waals surface area contributed by atoms with Gasteiger partial charge in [0.05, 0.1) is 19.4 Å². The molecule has 94 valence electrons. The minimum Gasteiger partial charge on any atom is -0.493 e. The van der Waals surface area contributed by atoms with Gasteiger partial charge in [-0.25, -0.2) is 0 Å². The number of benzene rings is 1. The molecule has 1 aromatic rings. The summed E-state index contributed by atoms with van der Waals surface area (Å²) in [5, 5.41) is 11.7. The minimum atomic E-state index is 0.617. The zero-order valence-electron chi connectivity index (χ0n) is 10.6. The van der Waals surface area contributed by atoms with Crippen LogP contribution in [0.2, 0.25) is 0 Å². The molecule has 1 rings (SSSR count). The molecule has 4 heteroatoms. The van der Waals surface area contributed by atoms with Crippen molar-refractivity contribution in [3.8, 4) is 11.5 Å². The molecule has 4 nitrogen and oxygen atoms in total. The van der Waals surface area contributed by atoms with Gasteiger partial charge in [-0.2, -0.15) is 0 Å². The second-order valence-electron chi connectivity index (χ2n) is 3.75. The van der Waals surface area contributed by atoms with Crippen molar-refractivity contribution in [2.45, 2.75) is 26.7 Å². The fourth-order valence-electron chi connectivity index (χ4n) is 1.52. The normalized spacial score (nSPS) is 11.4. The molecule has 0 saturated heterocycles. The smallest absolute Gasteiger partial charge is 0.161 e. The van der Waals surface area contributed by atoms with Crippen molar-refractivity contribution in [1.82, 2.24) is 0 Å². The predicted octanol–water partition coefficient (Wildman–Crippen LogP) is 2.88. The third-order valence-corrected chi connectivity index (χ3v) is 2.47. The van der Waals surface area contributed by atoms with Gasteiger partial charge in [-0.1, -0.05) is 11.2 Å². The molecule has 17 heavy (non-hydrogen) atoms. The lowest BCUT2D eigenvalue weighted by molar-refractivity contribution is 0.310. The first-order valence-electron chi connectivity index (χ1n) is 5.68. The molecule has 0 bridgehead atoms. The van der Waals surface area contributed by atoms with Gasteiger partial charge in [0.1, 0.15) is 0 Å². The Bertz CT molecular complexity index is 388. The monoisotopic (exact) mass is 237 g/mol. The van der Waals surface area contributed by atoms with E-state index in [4.69, 9.17) is 14.7 Å². The summed E-state index contributed by atoms with van der Waals surface area (Å²) in [6, 6.07) is 5.86. The van der Waals surface area contributed by atoms with Crippen LogP contribution in [-0.4, -0.2) is 24.6 Å². The zero-order valence-corrected chi connectivity index (χ0v) is 10.6. The molecule has 0 aromatic heterocycles. The molecule has 1 N–H and O–H groups in total. The van der Waals surface area contributed by atoms with E-state index in [0.29, 0.717) is 6.61 Å². The van der Waals surface area contributed by atoms with Crippen LogP contribution in [0.4, 0.5) is 0 Å². The highest BCUT2D eigenvalue weighted by molar-refractivity contribution is 5.81. The number of ether oxygens (including phenoxy) is 2. The molecule has 0 atom stereocenters. The van der Waals surface area contributed by atoms with Crippen molar-refractivity contribution in [1.29, 1.82) is 0 Å². The Morgan fingerprint density at radius 3 is 2.71 bits per heavy atom. The molecule has 0 amide bonds. The van der Waals surface area contributed by atoms with Crippen LogP contribution in [0.1, 0.15) is 25.8 Å². The molecule has 0 spiro atoms. The number of methoxy groups -OCH3 is 1. The van der Waals surface area contributed by atoms with Crippen molar-refractivity contribution in [2.24, 2.45) is 5.16 Å². The van der Waals surface area contributed by atoms with Crippen LogP contribution in [-0.2, 0) is 6.42 Å². The lowest BCUT2D eigenvalue weighted by Crippen LogP contribution is -1.98. The van der Waals surface area contributed by atoms with E-state index in [-0.39, 0.29) is 0 Å². The molecule has 0 unspecified atom stereocenters. The molecule has 1 aromatic carbocycles.